The van der Waals surface area contributed by atoms with Crippen molar-refractivity contribution in [3.8, 4) is 0 Å². The molecule has 0 unspecified atom stereocenters. The Labute approximate surface area is 188 Å². The van der Waals surface area contributed by atoms with Crippen LogP contribution < -0.4 is 10.6 Å². The van der Waals surface area contributed by atoms with Crippen molar-refractivity contribution in [3.05, 3.63) is 35.4 Å². The maximum atomic E-state index is 12.1. The largest absolute Gasteiger partial charge is 0.357 e. The first-order chi connectivity index (χ1) is 15.0. The zero-order valence-electron chi connectivity index (χ0n) is 19.8. The molecule has 6 nitrogen and oxygen atoms in total. The normalized spacial score (nSPS) is 19.6. The number of benzene rings is 1. The van der Waals surface area contributed by atoms with Crippen LogP contribution in [0.5, 0.6) is 0 Å². The van der Waals surface area contributed by atoms with E-state index in [0.717, 1.165) is 24.6 Å². The molecule has 0 bridgehead atoms. The average molecular weight is 428 g/mol. The van der Waals surface area contributed by atoms with Crippen LogP contribution in [-0.2, 0) is 6.54 Å². The van der Waals surface area contributed by atoms with E-state index < -0.39 is 0 Å². The molecule has 172 valence electrons. The molecule has 1 saturated carbocycles. The topological polar surface area (TPSA) is 60.0 Å². The number of piperidine rings is 1. The van der Waals surface area contributed by atoms with E-state index in [1.165, 1.54) is 64.5 Å². The van der Waals surface area contributed by atoms with Gasteiger partial charge >= 0.3 is 0 Å². The van der Waals surface area contributed by atoms with Crippen molar-refractivity contribution in [2.45, 2.75) is 70.4 Å². The van der Waals surface area contributed by atoms with E-state index in [2.05, 4.69) is 22.5 Å². The zero-order valence-corrected chi connectivity index (χ0v) is 19.8. The zero-order chi connectivity index (χ0) is 22.1. The molecule has 31 heavy (non-hydrogen) atoms. The molecule has 2 fully saturated rings. The van der Waals surface area contributed by atoms with Crippen LogP contribution >= 0.6 is 0 Å². The first-order valence-corrected chi connectivity index (χ1v) is 12.1. The number of carbonyl (C=O) groups excluding carboxylic acids is 1. The molecule has 1 aliphatic carbocycles. The van der Waals surface area contributed by atoms with Crippen molar-refractivity contribution in [2.24, 2.45) is 4.99 Å². The van der Waals surface area contributed by atoms with Gasteiger partial charge in [0, 0.05) is 38.3 Å². The van der Waals surface area contributed by atoms with Crippen LogP contribution in [0.2, 0.25) is 0 Å². The summed E-state index contributed by atoms with van der Waals surface area (Å²) in [6.07, 6.45) is 10.7. The van der Waals surface area contributed by atoms with Crippen LogP contribution in [0.3, 0.4) is 0 Å². The molecule has 1 aromatic rings. The van der Waals surface area contributed by atoms with Gasteiger partial charge in [0.05, 0.1) is 6.54 Å². The molecule has 1 aliphatic heterocycles. The Balaban J connectivity index is 1.63. The van der Waals surface area contributed by atoms with E-state index in [-0.39, 0.29) is 11.4 Å². The van der Waals surface area contributed by atoms with Gasteiger partial charge in [-0.3, -0.25) is 9.69 Å². The molecule has 0 spiro atoms. The highest BCUT2D eigenvalue weighted by Gasteiger charge is 2.38. The van der Waals surface area contributed by atoms with Crippen molar-refractivity contribution in [3.63, 3.8) is 0 Å². The summed E-state index contributed by atoms with van der Waals surface area (Å²) in [6, 6.07) is 7.78. The van der Waals surface area contributed by atoms with E-state index >= 15 is 0 Å². The van der Waals surface area contributed by atoms with Gasteiger partial charge in [-0.15, -0.1) is 0 Å². The van der Waals surface area contributed by atoms with E-state index in [1.807, 2.05) is 24.3 Å². The summed E-state index contributed by atoms with van der Waals surface area (Å²) in [7, 11) is 3.55. The van der Waals surface area contributed by atoms with E-state index in [0.29, 0.717) is 12.1 Å². The van der Waals surface area contributed by atoms with Crippen LogP contribution in [0.4, 0.5) is 0 Å². The van der Waals surface area contributed by atoms with E-state index in [1.54, 1.807) is 19.0 Å². The van der Waals surface area contributed by atoms with Gasteiger partial charge in [0.15, 0.2) is 5.96 Å². The lowest BCUT2D eigenvalue weighted by atomic mass is 9.79. The Kier molecular flexibility index (Phi) is 8.76. The Morgan fingerprint density at radius 3 is 2.26 bits per heavy atom. The number of rotatable bonds is 7. The maximum Gasteiger partial charge on any atom is 0.253 e. The number of guanidine groups is 1. The summed E-state index contributed by atoms with van der Waals surface area (Å²) < 4.78 is 0. The summed E-state index contributed by atoms with van der Waals surface area (Å²) in [4.78, 5) is 21.3. The van der Waals surface area contributed by atoms with E-state index in [9.17, 15) is 4.79 Å². The molecule has 2 aliphatic rings. The van der Waals surface area contributed by atoms with Crippen molar-refractivity contribution < 1.29 is 4.79 Å². The smallest absolute Gasteiger partial charge is 0.253 e. The highest BCUT2D eigenvalue weighted by molar-refractivity contribution is 5.93. The molecule has 2 N–H and O–H groups in total. The SMILES string of the molecule is CCNC(=NCc1ccc(C(=O)N(C)C)cc1)NCC1(N2CCCCC2)CCCCC1. The number of hydrogen-bond donors (Lipinski definition) is 2. The molecule has 0 radical (unpaired) electrons. The first kappa shape index (κ1) is 23.6. The Morgan fingerprint density at radius 2 is 1.65 bits per heavy atom. The maximum absolute atomic E-state index is 12.1. The van der Waals surface area contributed by atoms with Crippen LogP contribution in [0.25, 0.3) is 0 Å². The second-order valence-corrected chi connectivity index (χ2v) is 9.28. The van der Waals surface area contributed by atoms with Crippen LogP contribution in [0.1, 0.15) is 74.2 Å². The summed E-state index contributed by atoms with van der Waals surface area (Å²) >= 11 is 0. The average Bonchev–Trinajstić information content (AvgIpc) is 2.82. The van der Waals surface area contributed by atoms with Gasteiger partial charge in [0.25, 0.3) is 5.91 Å². The third-order valence-electron chi connectivity index (χ3n) is 6.77. The predicted octanol–water partition coefficient (Wildman–Crippen LogP) is 3.63. The predicted molar refractivity (Wildman–Crippen MR) is 129 cm³/mol. The summed E-state index contributed by atoms with van der Waals surface area (Å²) in [5, 5.41) is 7.10. The number of hydrogen-bond acceptors (Lipinski definition) is 3. The quantitative estimate of drug-likeness (QED) is 0.515. The minimum atomic E-state index is 0.0283. The monoisotopic (exact) mass is 427 g/mol. The van der Waals surface area contributed by atoms with Gasteiger partial charge in [0.1, 0.15) is 0 Å². The summed E-state index contributed by atoms with van der Waals surface area (Å²) in [5.41, 5.74) is 2.10. The standard InChI is InChI=1S/C25H41N5O/c1-4-26-24(27-19-21-11-13-22(14-12-21)23(31)29(2)3)28-20-25(15-7-5-8-16-25)30-17-9-6-10-18-30/h11-14H,4-10,15-20H2,1-3H3,(H2,26,27,28). The molecule has 1 saturated heterocycles. The molecule has 0 atom stereocenters. The second-order valence-electron chi connectivity index (χ2n) is 9.28. The van der Waals surface area contributed by atoms with Crippen molar-refractivity contribution in [1.82, 2.24) is 20.4 Å². The number of aliphatic imine (C=N–C) groups is 1. The highest BCUT2D eigenvalue weighted by atomic mass is 16.2. The molecule has 6 heteroatoms. The lowest BCUT2D eigenvalue weighted by Gasteiger charge is -2.48. The first-order valence-electron chi connectivity index (χ1n) is 12.1. The van der Waals surface area contributed by atoms with Gasteiger partial charge in [-0.1, -0.05) is 37.8 Å². The number of likely N-dealkylation sites (tertiary alicyclic amines) is 1. The number of nitrogens with one attached hydrogen (secondary N) is 2. The summed E-state index contributed by atoms with van der Waals surface area (Å²) in [6.45, 7) is 7.01. The van der Waals surface area contributed by atoms with Crippen LogP contribution in [0.15, 0.2) is 29.3 Å². The fourth-order valence-electron chi connectivity index (χ4n) is 4.95. The molecule has 1 amide bonds. The second kappa shape index (κ2) is 11.5. The number of nitrogens with zero attached hydrogens (tertiary/aromatic N) is 3. The Bertz CT molecular complexity index is 716. The van der Waals surface area contributed by atoms with Crippen LogP contribution in [-0.4, -0.2) is 67.5 Å². The Hall–Kier alpha value is -2.08. The Morgan fingerprint density at radius 1 is 1.00 bits per heavy atom. The molecule has 1 heterocycles. The van der Waals surface area contributed by atoms with Gasteiger partial charge in [-0.2, -0.15) is 0 Å². The molecular formula is C25H41N5O. The van der Waals surface area contributed by atoms with Gasteiger partial charge in [-0.05, 0) is 63.4 Å². The van der Waals surface area contributed by atoms with Gasteiger partial charge in [-0.25, -0.2) is 4.99 Å². The minimum Gasteiger partial charge on any atom is -0.357 e. The van der Waals surface area contributed by atoms with E-state index in [4.69, 9.17) is 4.99 Å². The number of amides is 1. The molecule has 3 rings (SSSR count). The van der Waals surface area contributed by atoms with Crippen molar-refractivity contribution in [1.29, 1.82) is 0 Å². The fraction of sp³-hybridized carbons (Fsp3) is 0.680. The summed E-state index contributed by atoms with van der Waals surface area (Å²) in [5.74, 6) is 0.915. The molecule has 0 aromatic heterocycles. The lowest BCUT2D eigenvalue weighted by molar-refractivity contribution is 0.0368. The fourth-order valence-corrected chi connectivity index (χ4v) is 4.95. The van der Waals surface area contributed by atoms with Gasteiger partial charge in [0.2, 0.25) is 0 Å². The third-order valence-corrected chi connectivity index (χ3v) is 6.77. The van der Waals surface area contributed by atoms with Crippen LogP contribution in [0, 0.1) is 0 Å². The van der Waals surface area contributed by atoms with Crippen molar-refractivity contribution >= 4 is 11.9 Å². The number of carbonyl (C=O) groups is 1. The third kappa shape index (κ3) is 6.45. The minimum absolute atomic E-state index is 0.0283. The molecular weight excluding hydrogens is 386 g/mol. The molecule has 1 aromatic carbocycles. The lowest BCUT2D eigenvalue weighted by Crippen LogP contribution is -2.59. The van der Waals surface area contributed by atoms with Gasteiger partial charge < -0.3 is 15.5 Å². The van der Waals surface area contributed by atoms with Crippen molar-refractivity contribution in [2.75, 3.05) is 40.3 Å². The highest BCUT2D eigenvalue weighted by Crippen LogP contribution is 2.35.